The molecule has 0 spiro atoms. The van der Waals surface area contributed by atoms with Crippen LogP contribution in [0.15, 0.2) is 71.4 Å². The van der Waals surface area contributed by atoms with Crippen molar-refractivity contribution in [2.45, 2.75) is 98.5 Å². The number of likely N-dealkylation sites (tertiary alicyclic amines) is 1. The van der Waals surface area contributed by atoms with Crippen LogP contribution in [0, 0.1) is 33.1 Å². The zero-order valence-corrected chi connectivity index (χ0v) is 41.0. The van der Waals surface area contributed by atoms with E-state index in [1.165, 1.54) is 24.4 Å². The average Bonchev–Trinajstić information content (AvgIpc) is 4.09. The van der Waals surface area contributed by atoms with Gasteiger partial charge in [-0.2, -0.15) is 0 Å². The number of fused-ring (bicyclic) bond motifs is 3. The number of amides is 3. The van der Waals surface area contributed by atoms with Gasteiger partial charge >= 0.3 is 5.97 Å². The molecule has 2 aliphatic heterocycles. The molecule has 3 amide bonds. The maximum Gasteiger partial charge on any atom is 0.308 e. The second-order valence-corrected chi connectivity index (χ2v) is 20.2. The molecule has 2 aliphatic rings. The fraction of sp³-hybridized carbons (Fsp3) is 0.388. The van der Waals surface area contributed by atoms with Crippen molar-refractivity contribution in [3.8, 4) is 32.6 Å². The standard InChI is InChI=1S/C49H54N10O7S2/c1-25-28(4)68-48-40(25)41(54-36(19-39(62)65-9)45-57-56-29(5)59(45)48)31-12-16-33(17-13-31)44-50-20-35(21-51-44)66-23-38(61)55-43(49(6,7)8)47(64)58-22-34(60)18-37(58)46(63)53-26(2)30-10-14-32(15-11-30)42-27(3)52-24-67-42/h10-17,20-21,24,26,34,36-37,43,60H,18-19,22-23H2,1-9H3,(H,53,63)(H,55,61)/t26-,34+,36-,37-,43+/m0/s1. The number of aryl methyl sites for hydroxylation is 3. The number of nitrogens with one attached hydrogen (secondary N) is 2. The van der Waals surface area contributed by atoms with Crippen molar-refractivity contribution in [2.24, 2.45) is 10.4 Å². The number of hydrogen-bond donors (Lipinski definition) is 3. The van der Waals surface area contributed by atoms with Crippen LogP contribution in [0.4, 0.5) is 0 Å². The number of β-amino-alcohol motifs (C(OH)–C–C–N with tert-alkyl or cyclic N) is 1. The predicted molar refractivity (Wildman–Crippen MR) is 258 cm³/mol. The number of aliphatic imine (C=N–C) groups is 1. The number of aliphatic hydroxyl groups excluding tert-OH is 1. The van der Waals surface area contributed by atoms with Gasteiger partial charge < -0.3 is 30.1 Å². The van der Waals surface area contributed by atoms with Crippen LogP contribution >= 0.6 is 22.7 Å². The minimum absolute atomic E-state index is 0.00127. The Balaban J connectivity index is 0.905. The average molecular weight is 959 g/mol. The smallest absolute Gasteiger partial charge is 0.308 e. The lowest BCUT2D eigenvalue weighted by atomic mass is 9.85. The molecule has 4 aromatic heterocycles. The molecule has 68 heavy (non-hydrogen) atoms. The van der Waals surface area contributed by atoms with Gasteiger partial charge in [-0.15, -0.1) is 32.9 Å². The third-order valence-electron chi connectivity index (χ3n) is 12.3. The number of carbonyl (C=O) groups excluding carboxylic acids is 4. The van der Waals surface area contributed by atoms with Crippen LogP contribution < -0.4 is 15.4 Å². The van der Waals surface area contributed by atoms with Crippen LogP contribution in [0.2, 0.25) is 0 Å². The normalized spacial score (nSPS) is 17.6. The lowest BCUT2D eigenvalue weighted by molar-refractivity contribution is -0.144. The molecule has 6 heterocycles. The maximum atomic E-state index is 14.2. The summed E-state index contributed by atoms with van der Waals surface area (Å²) in [7, 11) is 1.35. The molecule has 1 saturated heterocycles. The number of nitrogens with zero attached hydrogens (tertiary/aromatic N) is 8. The Morgan fingerprint density at radius 1 is 0.912 bits per heavy atom. The summed E-state index contributed by atoms with van der Waals surface area (Å²) in [6.07, 6.45) is 2.09. The highest BCUT2D eigenvalue weighted by atomic mass is 32.1. The fourth-order valence-corrected chi connectivity index (χ4v) is 10.5. The first kappa shape index (κ1) is 47.8. The number of carbonyl (C=O) groups is 4. The van der Waals surface area contributed by atoms with Crippen molar-refractivity contribution in [3.63, 3.8) is 0 Å². The third kappa shape index (κ3) is 9.82. The summed E-state index contributed by atoms with van der Waals surface area (Å²) in [5.41, 5.74) is 8.23. The number of rotatable bonds is 13. The van der Waals surface area contributed by atoms with Gasteiger partial charge in [0, 0.05) is 34.5 Å². The molecule has 0 aliphatic carbocycles. The Kier molecular flexibility index (Phi) is 13.7. The highest BCUT2D eigenvalue weighted by Crippen LogP contribution is 2.40. The van der Waals surface area contributed by atoms with Crippen LogP contribution in [0.5, 0.6) is 5.75 Å². The second kappa shape index (κ2) is 19.5. The van der Waals surface area contributed by atoms with Gasteiger partial charge in [0.05, 0.1) is 59.9 Å². The summed E-state index contributed by atoms with van der Waals surface area (Å²) in [5, 5.41) is 26.2. The molecule has 0 bridgehead atoms. The van der Waals surface area contributed by atoms with E-state index in [-0.39, 0.29) is 31.2 Å². The van der Waals surface area contributed by atoms with Crippen LogP contribution in [-0.2, 0) is 23.9 Å². The highest BCUT2D eigenvalue weighted by Gasteiger charge is 2.45. The van der Waals surface area contributed by atoms with Crippen LogP contribution in [0.3, 0.4) is 0 Å². The largest absolute Gasteiger partial charge is 0.481 e. The molecule has 19 heteroatoms. The van der Waals surface area contributed by atoms with E-state index in [2.05, 4.69) is 49.6 Å². The molecule has 0 radical (unpaired) electrons. The Labute approximate surface area is 402 Å². The molecular weight excluding hydrogens is 905 g/mol. The summed E-state index contributed by atoms with van der Waals surface area (Å²) in [4.78, 5) is 75.9. The van der Waals surface area contributed by atoms with Crippen LogP contribution in [0.25, 0.3) is 26.8 Å². The number of esters is 1. The SMILES string of the molecule is COC(=O)C[C@@H]1N=C(c2ccc(-c3ncc(OCC(=O)N[C@H](C(=O)N4C[C@H](O)C[C@H]4C(=O)N[C@@H](C)c4ccc(-c5scnc5C)cc4)C(C)(C)C)cn3)cc2)c2c(sc(C)c2C)-n2c(C)nnc21. The number of aromatic nitrogens is 6. The minimum Gasteiger partial charge on any atom is -0.481 e. The minimum atomic E-state index is -1.04. The molecule has 8 rings (SSSR count). The Morgan fingerprint density at radius 2 is 1.59 bits per heavy atom. The van der Waals surface area contributed by atoms with Crippen molar-refractivity contribution in [2.75, 3.05) is 20.3 Å². The van der Waals surface area contributed by atoms with Crippen molar-refractivity contribution in [1.82, 2.24) is 45.2 Å². The first-order valence-corrected chi connectivity index (χ1v) is 23.9. The molecule has 354 valence electrons. The van der Waals surface area contributed by atoms with Gasteiger partial charge in [0.15, 0.2) is 24.0 Å². The van der Waals surface area contributed by atoms with Crippen LogP contribution in [0.1, 0.15) is 97.1 Å². The van der Waals surface area contributed by atoms with Gasteiger partial charge in [0.25, 0.3) is 5.91 Å². The second-order valence-electron chi connectivity index (χ2n) is 18.2. The molecule has 3 N–H and O–H groups in total. The first-order chi connectivity index (χ1) is 32.4. The van der Waals surface area contributed by atoms with Gasteiger partial charge in [-0.1, -0.05) is 69.3 Å². The Hall–Kier alpha value is -6.70. The topological polar surface area (TPSA) is 216 Å². The lowest BCUT2D eigenvalue weighted by Crippen LogP contribution is -2.58. The third-order valence-corrected chi connectivity index (χ3v) is 14.5. The summed E-state index contributed by atoms with van der Waals surface area (Å²) in [6.45, 7) is 14.8. The number of aliphatic hydroxyl groups is 1. The van der Waals surface area contributed by atoms with Crippen molar-refractivity contribution >= 4 is 52.1 Å². The first-order valence-electron chi connectivity index (χ1n) is 22.2. The van der Waals surface area contributed by atoms with Crippen molar-refractivity contribution in [1.29, 1.82) is 0 Å². The molecule has 2 aromatic carbocycles. The number of methoxy groups -OCH3 is 1. The zero-order chi connectivity index (χ0) is 48.6. The van der Waals surface area contributed by atoms with Crippen LogP contribution in [-0.4, -0.2) is 108 Å². The summed E-state index contributed by atoms with van der Waals surface area (Å²) in [5.74, 6) is 0.0842. The van der Waals surface area contributed by atoms with Crippen molar-refractivity contribution < 1.29 is 33.8 Å². The molecule has 17 nitrogen and oxygen atoms in total. The maximum absolute atomic E-state index is 14.2. The number of benzene rings is 2. The zero-order valence-electron chi connectivity index (χ0n) is 39.4. The van der Waals surface area contributed by atoms with E-state index in [1.807, 2.05) is 100 Å². The fourth-order valence-electron chi connectivity index (χ4n) is 8.45. The van der Waals surface area contributed by atoms with E-state index >= 15 is 0 Å². The Bertz CT molecular complexity index is 2880. The summed E-state index contributed by atoms with van der Waals surface area (Å²) < 4.78 is 12.8. The van der Waals surface area contributed by atoms with E-state index < -0.39 is 59.9 Å². The number of ether oxygens (including phenoxy) is 2. The number of thiazole rings is 1. The molecule has 1 fully saturated rings. The highest BCUT2D eigenvalue weighted by molar-refractivity contribution is 7.15. The van der Waals surface area contributed by atoms with Gasteiger partial charge in [0.2, 0.25) is 11.8 Å². The lowest BCUT2D eigenvalue weighted by Gasteiger charge is -2.35. The van der Waals surface area contributed by atoms with Gasteiger partial charge in [0.1, 0.15) is 29.0 Å². The summed E-state index contributed by atoms with van der Waals surface area (Å²) >= 11 is 3.19. The van der Waals surface area contributed by atoms with Gasteiger partial charge in [-0.05, 0) is 56.7 Å². The molecule has 6 aromatic rings. The molecular formula is C49H54N10O7S2. The van der Waals surface area contributed by atoms with Gasteiger partial charge in [-0.3, -0.25) is 28.7 Å². The van der Waals surface area contributed by atoms with E-state index in [0.717, 1.165) is 59.5 Å². The Morgan fingerprint density at radius 3 is 2.24 bits per heavy atom. The monoisotopic (exact) mass is 958 g/mol. The molecule has 5 atom stereocenters. The number of thiophene rings is 1. The van der Waals surface area contributed by atoms with E-state index in [4.69, 9.17) is 14.5 Å². The van der Waals surface area contributed by atoms with E-state index in [9.17, 15) is 24.3 Å². The van der Waals surface area contributed by atoms with E-state index in [0.29, 0.717) is 17.5 Å². The molecule has 0 saturated carbocycles. The van der Waals surface area contributed by atoms with E-state index in [1.54, 1.807) is 22.7 Å². The number of hydrogen-bond acceptors (Lipinski definition) is 15. The summed E-state index contributed by atoms with van der Waals surface area (Å²) in [6, 6.07) is 12.6. The van der Waals surface area contributed by atoms with Gasteiger partial charge in [-0.25, -0.2) is 15.0 Å². The predicted octanol–water partition coefficient (Wildman–Crippen LogP) is 6.35. The molecule has 0 unspecified atom stereocenters. The van der Waals surface area contributed by atoms with Crippen molar-refractivity contribution in [3.05, 3.63) is 111 Å². The quantitative estimate of drug-likeness (QED) is 0.108.